The third-order valence-electron chi connectivity index (χ3n) is 2.00. The normalized spacial score (nSPS) is 21.3. The Morgan fingerprint density at radius 1 is 1.38 bits per heavy atom. The fraction of sp³-hybridized carbons (Fsp3) is 0.222. The van der Waals surface area contributed by atoms with E-state index in [1.165, 1.54) is 0 Å². The lowest BCUT2D eigenvalue weighted by Gasteiger charge is -2.13. The molecule has 0 aliphatic carbocycles. The fourth-order valence-corrected chi connectivity index (χ4v) is 2.94. The minimum Gasteiger partial charge on any atom is -0.294 e. The molecule has 1 atom stereocenters. The molecule has 1 aromatic rings. The van der Waals surface area contributed by atoms with E-state index in [1.807, 2.05) is 6.07 Å². The van der Waals surface area contributed by atoms with Crippen molar-refractivity contribution < 1.29 is 9.00 Å². The van der Waals surface area contributed by atoms with E-state index < -0.39 is 10.8 Å². The van der Waals surface area contributed by atoms with Gasteiger partial charge in [-0.2, -0.15) is 0 Å². The highest BCUT2D eigenvalue weighted by Gasteiger charge is 2.22. The molecule has 1 aliphatic rings. The van der Waals surface area contributed by atoms with Crippen molar-refractivity contribution in [1.29, 1.82) is 0 Å². The van der Waals surface area contributed by atoms with Crippen LogP contribution in [0.4, 0.5) is 0 Å². The molecule has 2 nitrogen and oxygen atoms in total. The second kappa shape index (κ2) is 3.35. The van der Waals surface area contributed by atoms with Gasteiger partial charge in [-0.15, -0.1) is 0 Å². The highest BCUT2D eigenvalue weighted by molar-refractivity contribution is 9.10. The molecule has 0 bridgehead atoms. The predicted octanol–water partition coefficient (Wildman–Crippen LogP) is 2.14. The molecule has 0 saturated carbocycles. The molecule has 0 radical (unpaired) electrons. The van der Waals surface area contributed by atoms with Gasteiger partial charge in [0.25, 0.3) is 0 Å². The monoisotopic (exact) mass is 258 g/mol. The first-order valence-electron chi connectivity index (χ1n) is 3.89. The number of benzene rings is 1. The number of fused-ring (bicyclic) bond motifs is 1. The maximum Gasteiger partial charge on any atom is 0.165 e. The largest absolute Gasteiger partial charge is 0.294 e. The molecule has 0 spiro atoms. The maximum absolute atomic E-state index is 11.5. The van der Waals surface area contributed by atoms with Gasteiger partial charge in [0, 0.05) is 27.1 Å². The molecule has 0 fully saturated rings. The van der Waals surface area contributed by atoms with Crippen LogP contribution < -0.4 is 0 Å². The van der Waals surface area contributed by atoms with Crippen LogP contribution in [0.3, 0.4) is 0 Å². The number of Topliss-reactive ketones (excluding diaryl/α,β-unsaturated/α-hetero) is 1. The molecule has 0 N–H and O–H groups in total. The zero-order chi connectivity index (χ0) is 9.42. The summed E-state index contributed by atoms with van der Waals surface area (Å²) in [5.74, 6) is 0.559. The van der Waals surface area contributed by atoms with Crippen molar-refractivity contribution in [3.8, 4) is 0 Å². The molecule has 13 heavy (non-hydrogen) atoms. The van der Waals surface area contributed by atoms with E-state index >= 15 is 0 Å². The standard InChI is InChI=1S/C9H7BrO2S/c10-6-1-2-9-7(5-6)8(11)3-4-13(9)12/h1-2,5H,3-4H2. The summed E-state index contributed by atoms with van der Waals surface area (Å²) < 4.78 is 12.3. The molecule has 0 aromatic heterocycles. The zero-order valence-corrected chi connectivity index (χ0v) is 9.15. The van der Waals surface area contributed by atoms with Gasteiger partial charge in [-0.3, -0.25) is 9.00 Å². The predicted molar refractivity (Wildman–Crippen MR) is 54.4 cm³/mol. The van der Waals surface area contributed by atoms with Crippen molar-refractivity contribution in [2.24, 2.45) is 0 Å². The summed E-state index contributed by atoms with van der Waals surface area (Å²) in [6.07, 6.45) is 0.399. The molecule has 0 saturated heterocycles. The van der Waals surface area contributed by atoms with Crippen molar-refractivity contribution in [3.63, 3.8) is 0 Å². The van der Waals surface area contributed by atoms with Gasteiger partial charge in [-0.25, -0.2) is 0 Å². The molecule has 2 rings (SSSR count). The number of rotatable bonds is 0. The lowest BCUT2D eigenvalue weighted by atomic mass is 10.1. The number of hydrogen-bond acceptors (Lipinski definition) is 2. The highest BCUT2D eigenvalue weighted by atomic mass is 79.9. The number of hydrogen-bond donors (Lipinski definition) is 0. The lowest BCUT2D eigenvalue weighted by molar-refractivity contribution is 0.0984. The van der Waals surface area contributed by atoms with Crippen molar-refractivity contribution >= 4 is 32.5 Å². The quantitative estimate of drug-likeness (QED) is 0.715. The Balaban J connectivity index is 2.63. The highest BCUT2D eigenvalue weighted by Crippen LogP contribution is 2.25. The van der Waals surface area contributed by atoms with Crippen LogP contribution in [0.15, 0.2) is 27.6 Å². The van der Waals surface area contributed by atoms with Gasteiger partial charge in [-0.1, -0.05) is 15.9 Å². The summed E-state index contributed by atoms with van der Waals surface area (Å²) in [7, 11) is -0.986. The first-order valence-corrected chi connectivity index (χ1v) is 6.01. The van der Waals surface area contributed by atoms with Gasteiger partial charge in [-0.05, 0) is 18.2 Å². The van der Waals surface area contributed by atoms with Gasteiger partial charge in [0.05, 0.1) is 10.8 Å². The smallest absolute Gasteiger partial charge is 0.165 e. The van der Waals surface area contributed by atoms with Crippen LogP contribution in [0.2, 0.25) is 0 Å². The second-order valence-corrected chi connectivity index (χ2v) is 5.32. The van der Waals surface area contributed by atoms with E-state index in [9.17, 15) is 9.00 Å². The van der Waals surface area contributed by atoms with Crippen LogP contribution in [-0.4, -0.2) is 15.7 Å². The third kappa shape index (κ3) is 1.60. The first-order chi connectivity index (χ1) is 6.18. The minimum atomic E-state index is -0.986. The van der Waals surface area contributed by atoms with E-state index in [1.54, 1.807) is 12.1 Å². The maximum atomic E-state index is 11.5. The topological polar surface area (TPSA) is 34.1 Å². The lowest BCUT2D eigenvalue weighted by Crippen LogP contribution is -2.16. The Morgan fingerprint density at radius 2 is 2.15 bits per heavy atom. The molecule has 1 aliphatic heterocycles. The van der Waals surface area contributed by atoms with Crippen molar-refractivity contribution in [2.75, 3.05) is 5.75 Å². The number of ketones is 1. The van der Waals surface area contributed by atoms with Crippen LogP contribution in [0.25, 0.3) is 0 Å². The number of carbonyl (C=O) groups excluding carboxylic acids is 1. The van der Waals surface area contributed by atoms with Crippen LogP contribution in [0, 0.1) is 0 Å². The fourth-order valence-electron chi connectivity index (χ4n) is 1.35. The van der Waals surface area contributed by atoms with Crippen molar-refractivity contribution in [3.05, 3.63) is 28.2 Å². The van der Waals surface area contributed by atoms with E-state index in [0.29, 0.717) is 22.6 Å². The Hall–Kier alpha value is -0.480. The average Bonchev–Trinajstić information content (AvgIpc) is 2.12. The minimum absolute atomic E-state index is 0.0934. The summed E-state index contributed by atoms with van der Waals surface area (Å²) in [5, 5.41) is 0. The van der Waals surface area contributed by atoms with Crippen LogP contribution in [-0.2, 0) is 10.8 Å². The summed E-state index contributed by atoms with van der Waals surface area (Å²) in [4.78, 5) is 12.1. The number of carbonyl (C=O) groups is 1. The summed E-state index contributed by atoms with van der Waals surface area (Å²) in [6, 6.07) is 5.32. The molecule has 68 valence electrons. The molecule has 0 amide bonds. The summed E-state index contributed by atoms with van der Waals surface area (Å²) in [5.41, 5.74) is 0.610. The number of halogens is 1. The first kappa shape index (κ1) is 9.09. The van der Waals surface area contributed by atoms with Gasteiger partial charge < -0.3 is 0 Å². The molecular weight excluding hydrogens is 252 g/mol. The molecule has 1 unspecified atom stereocenters. The molecule has 1 heterocycles. The zero-order valence-electron chi connectivity index (χ0n) is 6.75. The van der Waals surface area contributed by atoms with Crippen LogP contribution >= 0.6 is 15.9 Å². The Bertz CT molecular complexity index is 401. The van der Waals surface area contributed by atoms with E-state index in [2.05, 4.69) is 15.9 Å². The average molecular weight is 259 g/mol. The summed E-state index contributed by atoms with van der Waals surface area (Å²) >= 11 is 3.29. The van der Waals surface area contributed by atoms with Gasteiger partial charge in [0.15, 0.2) is 5.78 Å². The van der Waals surface area contributed by atoms with Gasteiger partial charge >= 0.3 is 0 Å². The molecular formula is C9H7BrO2S. The van der Waals surface area contributed by atoms with E-state index in [0.717, 1.165) is 4.47 Å². The van der Waals surface area contributed by atoms with E-state index in [4.69, 9.17) is 0 Å². The molecule has 1 aromatic carbocycles. The van der Waals surface area contributed by atoms with Gasteiger partial charge in [0.2, 0.25) is 0 Å². The van der Waals surface area contributed by atoms with E-state index in [-0.39, 0.29) is 5.78 Å². The Kier molecular flexibility index (Phi) is 2.34. The SMILES string of the molecule is O=C1CCS(=O)c2ccc(Br)cc21. The van der Waals surface area contributed by atoms with Crippen LogP contribution in [0.5, 0.6) is 0 Å². The van der Waals surface area contributed by atoms with Crippen LogP contribution in [0.1, 0.15) is 16.8 Å². The Morgan fingerprint density at radius 3 is 2.92 bits per heavy atom. The van der Waals surface area contributed by atoms with Gasteiger partial charge in [0.1, 0.15) is 0 Å². The second-order valence-electron chi connectivity index (χ2n) is 2.86. The van der Waals surface area contributed by atoms with Crippen molar-refractivity contribution in [1.82, 2.24) is 0 Å². The summed E-state index contributed by atoms with van der Waals surface area (Å²) in [6.45, 7) is 0. The molecule has 4 heteroatoms. The van der Waals surface area contributed by atoms with Crippen molar-refractivity contribution in [2.45, 2.75) is 11.3 Å². The third-order valence-corrected chi connectivity index (χ3v) is 3.92. The Labute approximate surface area is 86.9 Å².